The smallest absolute Gasteiger partial charge is 0.257 e. The molecule has 0 saturated carbocycles. The number of aryl methyl sites for hydroxylation is 1. The zero-order valence-corrected chi connectivity index (χ0v) is 12.8. The van der Waals surface area contributed by atoms with Gasteiger partial charge in [-0.25, -0.2) is 4.98 Å². The summed E-state index contributed by atoms with van der Waals surface area (Å²) in [5.41, 5.74) is 1.82. The maximum atomic E-state index is 12.1. The van der Waals surface area contributed by atoms with Crippen molar-refractivity contribution in [3.8, 4) is 0 Å². The number of aromatic nitrogens is 1. The minimum absolute atomic E-state index is 0.114. The summed E-state index contributed by atoms with van der Waals surface area (Å²) in [6.07, 6.45) is 0. The number of benzene rings is 1. The molecular formula is C13H11BrN2O2S. The molecule has 2 aromatic rings. The minimum Gasteiger partial charge on any atom is -0.298 e. The van der Waals surface area contributed by atoms with Gasteiger partial charge in [0.05, 0.1) is 0 Å². The summed E-state index contributed by atoms with van der Waals surface area (Å²) in [7, 11) is 0. The van der Waals surface area contributed by atoms with Gasteiger partial charge in [-0.15, -0.1) is 11.3 Å². The second-order valence-corrected chi connectivity index (χ2v) is 5.78. The van der Waals surface area contributed by atoms with Crippen molar-refractivity contribution in [1.29, 1.82) is 0 Å². The number of rotatable bonds is 3. The zero-order valence-electron chi connectivity index (χ0n) is 10.4. The van der Waals surface area contributed by atoms with Crippen molar-refractivity contribution in [3.63, 3.8) is 0 Å². The van der Waals surface area contributed by atoms with Crippen LogP contribution < -0.4 is 5.32 Å². The van der Waals surface area contributed by atoms with Crippen LogP contribution in [-0.2, 0) is 0 Å². The number of anilines is 1. The average Bonchev–Trinajstić information content (AvgIpc) is 2.77. The highest BCUT2D eigenvalue weighted by Gasteiger charge is 2.12. The van der Waals surface area contributed by atoms with Crippen LogP contribution in [0.25, 0.3) is 0 Å². The summed E-state index contributed by atoms with van der Waals surface area (Å²) in [5.74, 6) is -0.342. The number of carbonyl (C=O) groups is 2. The molecule has 0 atom stereocenters. The fraction of sp³-hybridized carbons (Fsp3) is 0.154. The van der Waals surface area contributed by atoms with Crippen molar-refractivity contribution in [2.45, 2.75) is 13.8 Å². The molecule has 0 bridgehead atoms. The number of hydrogen-bond donors (Lipinski definition) is 1. The standard InChI is InChI=1S/C13H11BrN2O2S/c1-7-5-9(14)3-4-10(7)12(18)16-13-15-11(6-19-13)8(2)17/h3-6H,1-2H3,(H,15,16,18). The van der Waals surface area contributed by atoms with E-state index >= 15 is 0 Å². The van der Waals surface area contributed by atoms with E-state index in [1.807, 2.05) is 19.1 Å². The van der Waals surface area contributed by atoms with E-state index in [1.54, 1.807) is 11.4 Å². The first-order valence-corrected chi connectivity index (χ1v) is 7.18. The number of nitrogens with one attached hydrogen (secondary N) is 1. The molecule has 1 aromatic heterocycles. The lowest BCUT2D eigenvalue weighted by molar-refractivity contribution is 0.100. The summed E-state index contributed by atoms with van der Waals surface area (Å²) in [4.78, 5) is 27.3. The van der Waals surface area contributed by atoms with Crippen LogP contribution >= 0.6 is 27.3 Å². The van der Waals surface area contributed by atoms with Gasteiger partial charge in [-0.3, -0.25) is 14.9 Å². The number of Topliss-reactive ketones (excluding diaryl/α,β-unsaturated/α-hetero) is 1. The zero-order chi connectivity index (χ0) is 14.0. The lowest BCUT2D eigenvalue weighted by Crippen LogP contribution is -2.13. The number of thiazole rings is 1. The van der Waals surface area contributed by atoms with E-state index in [4.69, 9.17) is 0 Å². The quantitative estimate of drug-likeness (QED) is 0.868. The maximum absolute atomic E-state index is 12.1. The molecule has 2 rings (SSSR count). The van der Waals surface area contributed by atoms with Crippen molar-refractivity contribution in [3.05, 3.63) is 44.9 Å². The summed E-state index contributed by atoms with van der Waals surface area (Å²) in [6.45, 7) is 3.31. The van der Waals surface area contributed by atoms with Gasteiger partial charge in [0.1, 0.15) is 5.69 Å². The van der Waals surface area contributed by atoms with Crippen LogP contribution in [0, 0.1) is 6.92 Å². The van der Waals surface area contributed by atoms with Crippen molar-refractivity contribution in [1.82, 2.24) is 4.98 Å². The molecule has 1 amide bonds. The highest BCUT2D eigenvalue weighted by Crippen LogP contribution is 2.19. The number of hydrogen-bond acceptors (Lipinski definition) is 4. The fourth-order valence-electron chi connectivity index (χ4n) is 1.54. The summed E-state index contributed by atoms with van der Waals surface area (Å²) < 4.78 is 0.926. The van der Waals surface area contributed by atoms with E-state index in [9.17, 15) is 9.59 Å². The molecule has 1 heterocycles. The molecule has 1 aromatic carbocycles. The number of halogens is 1. The highest BCUT2D eigenvalue weighted by molar-refractivity contribution is 9.10. The Kier molecular flexibility index (Phi) is 4.11. The first kappa shape index (κ1) is 13.9. The van der Waals surface area contributed by atoms with Gasteiger partial charge in [0.2, 0.25) is 0 Å². The van der Waals surface area contributed by atoms with E-state index in [2.05, 4.69) is 26.2 Å². The second kappa shape index (κ2) is 5.63. The van der Waals surface area contributed by atoms with E-state index in [-0.39, 0.29) is 11.7 Å². The van der Waals surface area contributed by atoms with Crippen molar-refractivity contribution in [2.24, 2.45) is 0 Å². The Hall–Kier alpha value is -1.53. The highest BCUT2D eigenvalue weighted by atomic mass is 79.9. The molecular weight excluding hydrogens is 328 g/mol. The molecule has 0 spiro atoms. The van der Waals surface area contributed by atoms with Crippen LogP contribution in [0.5, 0.6) is 0 Å². The van der Waals surface area contributed by atoms with Gasteiger partial charge in [-0.1, -0.05) is 15.9 Å². The summed E-state index contributed by atoms with van der Waals surface area (Å²) in [6, 6.07) is 5.43. The summed E-state index contributed by atoms with van der Waals surface area (Å²) >= 11 is 4.59. The molecule has 0 radical (unpaired) electrons. The molecule has 6 heteroatoms. The Morgan fingerprint density at radius 3 is 2.68 bits per heavy atom. The maximum Gasteiger partial charge on any atom is 0.257 e. The molecule has 0 aliphatic heterocycles. The Morgan fingerprint density at radius 2 is 2.11 bits per heavy atom. The Labute approximate surface area is 123 Å². The van der Waals surface area contributed by atoms with Gasteiger partial charge in [-0.2, -0.15) is 0 Å². The number of ketones is 1. The predicted molar refractivity (Wildman–Crippen MR) is 79.0 cm³/mol. The molecule has 0 aliphatic rings. The Morgan fingerprint density at radius 1 is 1.37 bits per heavy atom. The van der Waals surface area contributed by atoms with Gasteiger partial charge in [0.25, 0.3) is 5.91 Å². The van der Waals surface area contributed by atoms with E-state index < -0.39 is 0 Å². The van der Waals surface area contributed by atoms with Gasteiger partial charge >= 0.3 is 0 Å². The van der Waals surface area contributed by atoms with Crippen LogP contribution in [0.15, 0.2) is 28.1 Å². The number of nitrogens with zero attached hydrogens (tertiary/aromatic N) is 1. The van der Waals surface area contributed by atoms with Crippen LogP contribution in [-0.4, -0.2) is 16.7 Å². The van der Waals surface area contributed by atoms with Crippen LogP contribution in [0.1, 0.15) is 33.3 Å². The molecule has 0 aliphatic carbocycles. The summed E-state index contributed by atoms with van der Waals surface area (Å²) in [5, 5.41) is 4.75. The van der Waals surface area contributed by atoms with Gasteiger partial charge in [0.15, 0.2) is 10.9 Å². The SMILES string of the molecule is CC(=O)c1csc(NC(=O)c2ccc(Br)cc2C)n1. The van der Waals surface area contributed by atoms with Gasteiger partial charge in [0, 0.05) is 22.3 Å². The third-order valence-corrected chi connectivity index (χ3v) is 3.77. The number of amides is 1. The Bertz CT molecular complexity index is 652. The first-order valence-electron chi connectivity index (χ1n) is 5.51. The van der Waals surface area contributed by atoms with Crippen LogP contribution in [0.3, 0.4) is 0 Å². The molecule has 98 valence electrons. The molecule has 0 fully saturated rings. The molecule has 4 nitrogen and oxygen atoms in total. The number of carbonyl (C=O) groups excluding carboxylic acids is 2. The first-order chi connectivity index (χ1) is 8.97. The third kappa shape index (κ3) is 3.27. The van der Waals surface area contributed by atoms with E-state index in [0.29, 0.717) is 16.4 Å². The van der Waals surface area contributed by atoms with E-state index in [0.717, 1.165) is 10.0 Å². The molecule has 19 heavy (non-hydrogen) atoms. The monoisotopic (exact) mass is 338 g/mol. The minimum atomic E-state index is -0.227. The molecule has 0 saturated heterocycles. The largest absolute Gasteiger partial charge is 0.298 e. The predicted octanol–water partition coefficient (Wildman–Crippen LogP) is 3.67. The molecule has 1 N–H and O–H groups in total. The van der Waals surface area contributed by atoms with Crippen LogP contribution in [0.4, 0.5) is 5.13 Å². The fourth-order valence-corrected chi connectivity index (χ4v) is 2.76. The van der Waals surface area contributed by atoms with E-state index in [1.165, 1.54) is 18.3 Å². The second-order valence-electron chi connectivity index (χ2n) is 4.01. The third-order valence-electron chi connectivity index (χ3n) is 2.52. The Balaban J connectivity index is 2.18. The topological polar surface area (TPSA) is 59.1 Å². The van der Waals surface area contributed by atoms with Crippen LogP contribution in [0.2, 0.25) is 0 Å². The van der Waals surface area contributed by atoms with Crippen molar-refractivity contribution >= 4 is 44.1 Å². The molecule has 0 unspecified atom stereocenters. The van der Waals surface area contributed by atoms with Crippen molar-refractivity contribution in [2.75, 3.05) is 5.32 Å². The van der Waals surface area contributed by atoms with Gasteiger partial charge < -0.3 is 0 Å². The average molecular weight is 339 g/mol. The lowest BCUT2D eigenvalue weighted by atomic mass is 10.1. The van der Waals surface area contributed by atoms with Gasteiger partial charge in [-0.05, 0) is 30.7 Å². The van der Waals surface area contributed by atoms with Crippen molar-refractivity contribution < 1.29 is 9.59 Å². The lowest BCUT2D eigenvalue weighted by Gasteiger charge is -2.05. The normalized spacial score (nSPS) is 10.3.